The van der Waals surface area contributed by atoms with Crippen molar-refractivity contribution in [1.82, 2.24) is 9.97 Å². The van der Waals surface area contributed by atoms with Gasteiger partial charge in [0.2, 0.25) is 3.57 Å². The van der Waals surface area contributed by atoms with Crippen LogP contribution in [0.4, 0.5) is 5.13 Å². The molecule has 2 heterocycles. The Bertz CT molecular complexity index is 1110. The molecule has 0 aliphatic carbocycles. The van der Waals surface area contributed by atoms with Crippen LogP contribution in [0.1, 0.15) is 21.6 Å². The summed E-state index contributed by atoms with van der Waals surface area (Å²) < 4.78 is 3.59. The summed E-state index contributed by atoms with van der Waals surface area (Å²) in [4.78, 5) is 21.3. The van der Waals surface area contributed by atoms with Crippen molar-refractivity contribution in [2.24, 2.45) is 0 Å². The minimum Gasteiger partial charge on any atom is -1.00 e. The van der Waals surface area contributed by atoms with Crippen LogP contribution in [-0.4, -0.2) is 15.9 Å². The average Bonchev–Trinajstić information content (AvgIpc) is 3.05. The van der Waals surface area contributed by atoms with E-state index < -0.39 is 0 Å². The summed E-state index contributed by atoms with van der Waals surface area (Å²) in [5.74, 6) is -0.231. The van der Waals surface area contributed by atoms with E-state index in [1.54, 1.807) is 6.07 Å². The van der Waals surface area contributed by atoms with E-state index in [9.17, 15) is 4.79 Å². The summed E-state index contributed by atoms with van der Waals surface area (Å²) in [5.41, 5.74) is 3.74. The van der Waals surface area contributed by atoms with Crippen molar-refractivity contribution in [3.8, 4) is 0 Å². The number of halogens is 2. The van der Waals surface area contributed by atoms with E-state index in [1.165, 1.54) is 29.6 Å². The molecule has 4 rings (SSSR count). The second kappa shape index (κ2) is 9.11. The first-order valence-electron chi connectivity index (χ1n) is 8.43. The van der Waals surface area contributed by atoms with Gasteiger partial charge in [-0.05, 0) is 55.8 Å². The first kappa shape index (κ1) is 20.9. The molecule has 4 aromatic rings. The zero-order valence-corrected chi connectivity index (χ0v) is 19.8. The first-order chi connectivity index (χ1) is 13.1. The Morgan fingerprint density at radius 1 is 0.964 bits per heavy atom. The highest BCUT2D eigenvalue weighted by Crippen LogP contribution is 2.26. The molecular weight excluding hydrogens is 549 g/mol. The molecule has 0 saturated carbocycles. The maximum atomic E-state index is 12.5. The van der Waals surface area contributed by atoms with E-state index in [0.29, 0.717) is 10.8 Å². The number of aromatic nitrogens is 2. The van der Waals surface area contributed by atoms with E-state index in [1.807, 2.05) is 31.3 Å². The number of carbonyl (C=O) groups is 1. The lowest BCUT2D eigenvalue weighted by Gasteiger charge is -1.99. The molecule has 0 aliphatic rings. The van der Waals surface area contributed by atoms with Gasteiger partial charge in [-0.1, -0.05) is 35.1 Å². The lowest BCUT2D eigenvalue weighted by molar-refractivity contribution is -0.597. The number of rotatable bonds is 4. The van der Waals surface area contributed by atoms with E-state index in [4.69, 9.17) is 0 Å². The third kappa shape index (κ3) is 4.95. The fourth-order valence-electron chi connectivity index (χ4n) is 2.53. The molecule has 0 fully saturated rings. The average molecular weight is 566 g/mol. The van der Waals surface area contributed by atoms with Crippen LogP contribution in [0.3, 0.4) is 0 Å². The van der Waals surface area contributed by atoms with Crippen LogP contribution >= 0.6 is 11.3 Å². The highest BCUT2D eigenvalue weighted by atomic mass is 127. The zero-order chi connectivity index (χ0) is 18.8. The van der Waals surface area contributed by atoms with E-state index in [2.05, 4.69) is 52.5 Å². The van der Waals surface area contributed by atoms with Crippen molar-refractivity contribution in [1.29, 1.82) is 0 Å². The predicted molar refractivity (Wildman–Crippen MR) is 105 cm³/mol. The number of aryl methyl sites for hydroxylation is 2. The maximum absolute atomic E-state index is 12.5. The molecule has 0 spiro atoms. The molecule has 0 atom stereocenters. The Labute approximate surface area is 188 Å². The smallest absolute Gasteiger partial charge is 0.359 e. The van der Waals surface area contributed by atoms with E-state index in [-0.39, 0.29) is 44.1 Å². The number of hydrogen-bond acceptors (Lipinski definition) is 4. The molecule has 2 aromatic carbocycles. The Kier molecular flexibility index (Phi) is 6.79. The number of carbonyl (C=O) groups excluding carboxylic acids is 1. The van der Waals surface area contributed by atoms with Crippen LogP contribution in [0.25, 0.3) is 10.2 Å². The Morgan fingerprint density at radius 3 is 2.39 bits per heavy atom. The Balaban J connectivity index is 0.00000225. The van der Waals surface area contributed by atoms with Crippen molar-refractivity contribution in [3.63, 3.8) is 0 Å². The zero-order valence-electron chi connectivity index (χ0n) is 15.2. The predicted octanol–water partition coefficient (Wildman–Crippen LogP) is -1.31. The Hall–Kier alpha value is -1.84. The number of pyridine rings is 1. The quantitative estimate of drug-likeness (QED) is 0.313. The number of nitrogens with zero attached hydrogens (tertiary/aromatic N) is 2. The van der Waals surface area contributed by atoms with Gasteiger partial charge in [-0.25, -0.2) is 9.97 Å². The van der Waals surface area contributed by atoms with Crippen LogP contribution in [0.2, 0.25) is 0 Å². The number of benzene rings is 2. The standard InChI is InChI=1S/C21H16IN3OS.BrH/c1-13-3-6-15(7-4-13)22-16-8-10-18(23-12-16)20(26)25-21-24-17-9-5-14(2)11-19(17)27-21;/h3-12H,1-2H3;1H. The van der Waals surface area contributed by atoms with Crippen molar-refractivity contribution in [3.05, 3.63) is 84.8 Å². The minimum atomic E-state index is -0.288. The molecule has 2 aromatic heterocycles. The molecule has 4 nitrogen and oxygen atoms in total. The van der Waals surface area contributed by atoms with Crippen molar-refractivity contribution in [2.75, 3.05) is 5.32 Å². The van der Waals surface area contributed by atoms with Crippen molar-refractivity contribution < 1.29 is 43.0 Å². The summed E-state index contributed by atoms with van der Waals surface area (Å²) in [5, 5.41) is 3.45. The third-order valence-corrected chi connectivity index (χ3v) is 7.49. The summed E-state index contributed by atoms with van der Waals surface area (Å²) in [6.07, 6.45) is 1.81. The largest absolute Gasteiger partial charge is 1.00 e. The normalized spacial score (nSPS) is 10.5. The van der Waals surface area contributed by atoms with Gasteiger partial charge in [-0.3, -0.25) is 10.1 Å². The van der Waals surface area contributed by atoms with Crippen LogP contribution < -0.4 is 43.5 Å². The van der Waals surface area contributed by atoms with Gasteiger partial charge in [0.15, 0.2) is 8.70 Å². The van der Waals surface area contributed by atoms with E-state index in [0.717, 1.165) is 10.2 Å². The molecule has 7 heteroatoms. The number of hydrogen-bond donors (Lipinski definition) is 1. The molecule has 28 heavy (non-hydrogen) atoms. The number of fused-ring (bicyclic) bond motifs is 1. The van der Waals surface area contributed by atoms with Crippen LogP contribution in [0, 0.1) is 21.0 Å². The first-order valence-corrected chi connectivity index (χ1v) is 11.4. The van der Waals surface area contributed by atoms with Gasteiger partial charge in [0.25, 0.3) is 5.91 Å². The van der Waals surface area contributed by atoms with Crippen LogP contribution in [0.15, 0.2) is 60.8 Å². The maximum Gasteiger partial charge on any atom is 0.359 e. The highest BCUT2D eigenvalue weighted by molar-refractivity contribution is 7.22. The molecule has 1 amide bonds. The van der Waals surface area contributed by atoms with Crippen molar-refractivity contribution in [2.45, 2.75) is 13.8 Å². The van der Waals surface area contributed by atoms with Gasteiger partial charge in [-0.15, -0.1) is 0 Å². The van der Waals surface area contributed by atoms with Gasteiger partial charge in [0, 0.05) is 0 Å². The van der Waals surface area contributed by atoms with Gasteiger partial charge in [0.1, 0.15) is 5.69 Å². The summed E-state index contributed by atoms with van der Waals surface area (Å²) >= 11 is 1.19. The molecule has 142 valence electrons. The summed E-state index contributed by atoms with van der Waals surface area (Å²) in [7, 11) is 0. The Morgan fingerprint density at radius 2 is 1.68 bits per heavy atom. The second-order valence-corrected chi connectivity index (χ2v) is 10.3. The number of nitrogens with one attached hydrogen (secondary N) is 1. The SMILES string of the molecule is Cc1ccc([I+]c2ccc(C(=O)Nc3nc4ccc(C)cc4s3)nc2)cc1.[Br-]. The van der Waals surface area contributed by atoms with Crippen molar-refractivity contribution >= 4 is 32.6 Å². The topological polar surface area (TPSA) is 54.9 Å². The molecule has 0 bridgehead atoms. The number of amides is 1. The van der Waals surface area contributed by atoms with E-state index >= 15 is 0 Å². The fraction of sp³-hybridized carbons (Fsp3) is 0.0952. The molecule has 0 unspecified atom stereocenters. The lowest BCUT2D eigenvalue weighted by Crippen LogP contribution is -3.61. The van der Waals surface area contributed by atoms with Crippen LogP contribution in [-0.2, 0) is 0 Å². The fourth-order valence-corrected chi connectivity index (χ4v) is 5.57. The summed E-state index contributed by atoms with van der Waals surface area (Å²) in [6.45, 7) is 4.13. The molecule has 1 N–H and O–H groups in total. The van der Waals surface area contributed by atoms with Gasteiger partial charge >= 0.3 is 21.2 Å². The number of anilines is 1. The second-order valence-electron chi connectivity index (χ2n) is 6.20. The van der Waals surface area contributed by atoms with Gasteiger partial charge in [-0.2, -0.15) is 0 Å². The number of thiazole rings is 1. The monoisotopic (exact) mass is 565 g/mol. The summed E-state index contributed by atoms with van der Waals surface area (Å²) in [6, 6.07) is 18.4. The molecule has 0 saturated heterocycles. The van der Waals surface area contributed by atoms with Crippen LogP contribution in [0.5, 0.6) is 0 Å². The lowest BCUT2D eigenvalue weighted by atomic mass is 10.2. The highest BCUT2D eigenvalue weighted by Gasteiger charge is 2.17. The van der Waals surface area contributed by atoms with Gasteiger partial charge < -0.3 is 17.0 Å². The third-order valence-electron chi connectivity index (χ3n) is 3.95. The minimum absolute atomic E-state index is 0. The van der Waals surface area contributed by atoms with Gasteiger partial charge in [0.05, 0.1) is 16.4 Å². The molecule has 0 aliphatic heterocycles. The molecular formula is C21H17BrIN3OS. The molecule has 0 radical (unpaired) electrons.